The van der Waals surface area contributed by atoms with Crippen molar-refractivity contribution in [2.24, 2.45) is 0 Å². The van der Waals surface area contributed by atoms with Crippen LogP contribution >= 0.6 is 0 Å². The number of fused-ring (bicyclic) bond motifs is 2. The Labute approximate surface area is 133 Å². The van der Waals surface area contributed by atoms with E-state index in [1.54, 1.807) is 18.2 Å². The minimum absolute atomic E-state index is 0.0351. The van der Waals surface area contributed by atoms with E-state index in [-0.39, 0.29) is 11.8 Å². The van der Waals surface area contributed by atoms with E-state index in [0.717, 1.165) is 27.7 Å². The molecule has 0 bridgehead atoms. The highest BCUT2D eigenvalue weighted by Gasteiger charge is 2.19. The Morgan fingerprint density at radius 1 is 0.957 bits per heavy atom. The molecule has 23 heavy (non-hydrogen) atoms. The first-order valence-electron chi connectivity index (χ1n) is 7.42. The molecule has 0 aromatic heterocycles. The van der Waals surface area contributed by atoms with Crippen molar-refractivity contribution < 1.29 is 9.59 Å². The van der Waals surface area contributed by atoms with Crippen LogP contribution in [0.4, 0.5) is 11.4 Å². The van der Waals surface area contributed by atoms with Crippen molar-refractivity contribution in [1.82, 2.24) is 0 Å². The molecule has 4 rings (SSSR count). The monoisotopic (exact) mass is 302 g/mol. The number of nitrogens with one attached hydrogen (secondary N) is 2. The molecule has 112 valence electrons. The first-order chi connectivity index (χ1) is 11.2. The van der Waals surface area contributed by atoms with E-state index >= 15 is 0 Å². The number of amides is 2. The lowest BCUT2D eigenvalue weighted by Crippen LogP contribution is -2.12. The van der Waals surface area contributed by atoms with Crippen molar-refractivity contribution in [2.75, 3.05) is 10.6 Å². The zero-order chi connectivity index (χ0) is 15.8. The number of benzene rings is 3. The summed E-state index contributed by atoms with van der Waals surface area (Å²) in [5.41, 5.74) is 2.95. The van der Waals surface area contributed by atoms with Crippen molar-refractivity contribution in [2.45, 2.75) is 6.42 Å². The highest BCUT2D eigenvalue weighted by Crippen LogP contribution is 2.25. The Kier molecular flexibility index (Phi) is 3.08. The van der Waals surface area contributed by atoms with Gasteiger partial charge in [-0.05, 0) is 46.7 Å². The summed E-state index contributed by atoms with van der Waals surface area (Å²) in [6.07, 6.45) is 0.326. The average molecular weight is 302 g/mol. The van der Waals surface area contributed by atoms with Gasteiger partial charge in [0.15, 0.2) is 0 Å². The summed E-state index contributed by atoms with van der Waals surface area (Å²) >= 11 is 0. The quantitative estimate of drug-likeness (QED) is 0.760. The molecule has 1 aliphatic rings. The number of rotatable bonds is 2. The lowest BCUT2D eigenvalue weighted by molar-refractivity contribution is -0.115. The first kappa shape index (κ1) is 13.5. The molecule has 0 atom stereocenters. The topological polar surface area (TPSA) is 58.2 Å². The van der Waals surface area contributed by atoms with Crippen molar-refractivity contribution >= 4 is 34.0 Å². The standard InChI is InChI=1S/C19H14N2O2/c22-18-11-15-9-14(6-8-17(15)21-18)19(23)20-16-7-5-12-3-1-2-4-13(12)10-16/h1-10H,11H2,(H,20,23)(H,21,22). The maximum atomic E-state index is 12.4. The van der Waals surface area contributed by atoms with Crippen molar-refractivity contribution in [1.29, 1.82) is 0 Å². The maximum Gasteiger partial charge on any atom is 0.255 e. The van der Waals surface area contributed by atoms with E-state index in [2.05, 4.69) is 10.6 Å². The smallest absolute Gasteiger partial charge is 0.255 e. The second-order valence-corrected chi connectivity index (χ2v) is 5.61. The SMILES string of the molecule is O=C1Cc2cc(C(=O)Nc3ccc4ccccc4c3)ccc2N1. The minimum Gasteiger partial charge on any atom is -0.326 e. The van der Waals surface area contributed by atoms with E-state index in [0.29, 0.717) is 12.0 Å². The Morgan fingerprint density at radius 3 is 2.65 bits per heavy atom. The lowest BCUT2D eigenvalue weighted by atomic mass is 10.1. The van der Waals surface area contributed by atoms with Gasteiger partial charge < -0.3 is 10.6 Å². The summed E-state index contributed by atoms with van der Waals surface area (Å²) in [6.45, 7) is 0. The van der Waals surface area contributed by atoms with Crippen molar-refractivity contribution in [3.05, 3.63) is 71.8 Å². The van der Waals surface area contributed by atoms with Crippen molar-refractivity contribution in [3.8, 4) is 0 Å². The van der Waals surface area contributed by atoms with Crippen LogP contribution in [0.15, 0.2) is 60.7 Å². The molecule has 0 spiro atoms. The highest BCUT2D eigenvalue weighted by molar-refractivity contribution is 6.07. The van der Waals surface area contributed by atoms with Gasteiger partial charge in [0.1, 0.15) is 0 Å². The fourth-order valence-electron chi connectivity index (χ4n) is 2.84. The molecule has 0 aliphatic carbocycles. The average Bonchev–Trinajstić information content (AvgIpc) is 2.93. The van der Waals surface area contributed by atoms with Gasteiger partial charge >= 0.3 is 0 Å². The van der Waals surface area contributed by atoms with Crippen molar-refractivity contribution in [3.63, 3.8) is 0 Å². The third kappa shape index (κ3) is 2.55. The van der Waals surface area contributed by atoms with E-state index in [1.165, 1.54) is 0 Å². The predicted octanol–water partition coefficient (Wildman–Crippen LogP) is 3.59. The first-order valence-corrected chi connectivity index (χ1v) is 7.42. The molecule has 0 unspecified atom stereocenters. The van der Waals surface area contributed by atoms with Crippen LogP contribution in [0.2, 0.25) is 0 Å². The summed E-state index contributed by atoms with van der Waals surface area (Å²) in [7, 11) is 0. The maximum absolute atomic E-state index is 12.4. The number of hydrogen-bond donors (Lipinski definition) is 2. The molecule has 3 aromatic carbocycles. The van der Waals surface area contributed by atoms with Gasteiger partial charge in [-0.2, -0.15) is 0 Å². The molecule has 0 saturated heterocycles. The molecule has 1 aliphatic heterocycles. The molecule has 4 nitrogen and oxygen atoms in total. The molecule has 0 radical (unpaired) electrons. The molecule has 2 amide bonds. The van der Waals surface area contributed by atoms with Gasteiger partial charge in [0.05, 0.1) is 6.42 Å². The van der Waals surface area contributed by atoms with E-state index in [9.17, 15) is 9.59 Å². The Hall–Kier alpha value is -3.14. The number of carbonyl (C=O) groups is 2. The predicted molar refractivity (Wildman–Crippen MR) is 90.7 cm³/mol. The third-order valence-corrected chi connectivity index (χ3v) is 4.00. The minimum atomic E-state index is -0.178. The summed E-state index contributed by atoms with van der Waals surface area (Å²) in [4.78, 5) is 23.8. The number of anilines is 2. The molecule has 0 fully saturated rings. The van der Waals surface area contributed by atoms with Crippen LogP contribution in [0.1, 0.15) is 15.9 Å². The Bertz CT molecular complexity index is 947. The van der Waals surface area contributed by atoms with Gasteiger partial charge in [-0.15, -0.1) is 0 Å². The van der Waals surface area contributed by atoms with Crippen LogP contribution in [0.3, 0.4) is 0 Å². The summed E-state index contributed by atoms with van der Waals surface area (Å²) in [5, 5.41) is 7.88. The fourth-order valence-corrected chi connectivity index (χ4v) is 2.84. The summed E-state index contributed by atoms with van der Waals surface area (Å²) in [6, 6.07) is 19.1. The summed E-state index contributed by atoms with van der Waals surface area (Å²) in [5.74, 6) is -0.213. The van der Waals surface area contributed by atoms with Gasteiger partial charge in [0.25, 0.3) is 5.91 Å². The van der Waals surface area contributed by atoms with Gasteiger partial charge in [-0.3, -0.25) is 9.59 Å². The molecule has 1 heterocycles. The fraction of sp³-hybridized carbons (Fsp3) is 0.0526. The zero-order valence-corrected chi connectivity index (χ0v) is 12.3. The zero-order valence-electron chi connectivity index (χ0n) is 12.3. The van der Waals surface area contributed by atoms with Crippen LogP contribution in [-0.4, -0.2) is 11.8 Å². The largest absolute Gasteiger partial charge is 0.326 e. The van der Waals surface area contributed by atoms with Gasteiger partial charge in [0.2, 0.25) is 5.91 Å². The van der Waals surface area contributed by atoms with E-state index < -0.39 is 0 Å². The Morgan fingerprint density at radius 2 is 1.78 bits per heavy atom. The highest BCUT2D eigenvalue weighted by atomic mass is 16.2. The molecule has 4 heteroatoms. The van der Waals surface area contributed by atoms with Crippen LogP contribution < -0.4 is 10.6 Å². The van der Waals surface area contributed by atoms with Crippen LogP contribution in [0.25, 0.3) is 10.8 Å². The number of carbonyl (C=O) groups excluding carboxylic acids is 2. The van der Waals surface area contributed by atoms with Crippen LogP contribution in [0.5, 0.6) is 0 Å². The molecule has 2 N–H and O–H groups in total. The molecular formula is C19H14N2O2. The van der Waals surface area contributed by atoms with Crippen LogP contribution in [-0.2, 0) is 11.2 Å². The molecule has 3 aromatic rings. The molecular weight excluding hydrogens is 288 g/mol. The van der Waals surface area contributed by atoms with Gasteiger partial charge in [-0.1, -0.05) is 30.3 Å². The lowest BCUT2D eigenvalue weighted by Gasteiger charge is -2.08. The van der Waals surface area contributed by atoms with Gasteiger partial charge in [0, 0.05) is 16.9 Å². The Balaban J connectivity index is 1.59. The second kappa shape index (κ2) is 5.25. The van der Waals surface area contributed by atoms with E-state index in [4.69, 9.17) is 0 Å². The van der Waals surface area contributed by atoms with Crippen LogP contribution in [0, 0.1) is 0 Å². The molecule has 0 saturated carbocycles. The normalized spacial score (nSPS) is 12.8. The van der Waals surface area contributed by atoms with E-state index in [1.807, 2.05) is 42.5 Å². The van der Waals surface area contributed by atoms with Gasteiger partial charge in [-0.25, -0.2) is 0 Å². The second-order valence-electron chi connectivity index (χ2n) is 5.61. The number of hydrogen-bond acceptors (Lipinski definition) is 2. The summed E-state index contributed by atoms with van der Waals surface area (Å²) < 4.78 is 0. The third-order valence-electron chi connectivity index (χ3n) is 4.00.